The zero-order valence-corrected chi connectivity index (χ0v) is 33.7. The lowest BCUT2D eigenvalue weighted by Gasteiger charge is -2.64. The summed E-state index contributed by atoms with van der Waals surface area (Å²) < 4.78 is 28.7. The molecule has 4 aliphatic carbocycles. The summed E-state index contributed by atoms with van der Waals surface area (Å²) in [6.07, 6.45) is -6.42. The SMILES string of the molecule is COC1C(OC2C=C3C(O)CC4(O)C(CCC5(C)C(C(C)CCC(C(C)C)C(C)COC6OCC(O)C(O)C6O)C(O)C(O)C54)C3(C)CC2)OCC(O)C1O. The molecule has 0 aromatic rings. The van der Waals surface area contributed by atoms with Crippen LogP contribution < -0.4 is 0 Å². The van der Waals surface area contributed by atoms with Gasteiger partial charge in [0.1, 0.15) is 36.6 Å². The Morgan fingerprint density at radius 1 is 0.800 bits per heavy atom. The van der Waals surface area contributed by atoms with Gasteiger partial charge in [-0.1, -0.05) is 54.0 Å². The quantitative estimate of drug-likeness (QED) is 0.125. The van der Waals surface area contributed by atoms with Crippen LogP contribution in [0.15, 0.2) is 11.6 Å². The van der Waals surface area contributed by atoms with Crippen LogP contribution in [0.25, 0.3) is 0 Å². The highest BCUT2D eigenvalue weighted by Crippen LogP contribution is 2.69. The highest BCUT2D eigenvalue weighted by atomic mass is 16.7. The van der Waals surface area contributed by atoms with Gasteiger partial charge in [-0.15, -0.1) is 0 Å². The third kappa shape index (κ3) is 7.74. The molecule has 3 saturated carbocycles. The van der Waals surface area contributed by atoms with Crippen molar-refractivity contribution in [2.24, 2.45) is 52.3 Å². The number of hydrogen-bond donors (Lipinski definition) is 9. The second-order valence-electron chi connectivity index (χ2n) is 19.0. The first-order valence-electron chi connectivity index (χ1n) is 20.7. The van der Waals surface area contributed by atoms with Crippen molar-refractivity contribution in [3.05, 3.63) is 11.6 Å². The lowest BCUT2D eigenvalue weighted by Crippen LogP contribution is -2.66. The van der Waals surface area contributed by atoms with Crippen molar-refractivity contribution in [3.63, 3.8) is 0 Å². The van der Waals surface area contributed by atoms with E-state index in [9.17, 15) is 46.0 Å². The molecular formula is C41H70O14. The summed E-state index contributed by atoms with van der Waals surface area (Å²) in [5, 5.41) is 99.1. The lowest BCUT2D eigenvalue weighted by atomic mass is 9.43. The van der Waals surface area contributed by atoms with E-state index in [1.165, 1.54) is 7.11 Å². The van der Waals surface area contributed by atoms with E-state index in [0.29, 0.717) is 38.2 Å². The van der Waals surface area contributed by atoms with Crippen LogP contribution in [0.5, 0.6) is 0 Å². The Hall–Kier alpha value is -0.820. The van der Waals surface area contributed by atoms with Crippen molar-refractivity contribution in [3.8, 4) is 0 Å². The summed E-state index contributed by atoms with van der Waals surface area (Å²) in [6, 6.07) is 0. The number of rotatable bonds is 12. The highest BCUT2D eigenvalue weighted by Gasteiger charge is 2.72. The van der Waals surface area contributed by atoms with Crippen LogP contribution in [0.2, 0.25) is 0 Å². The minimum atomic E-state index is -1.42. The van der Waals surface area contributed by atoms with Crippen molar-refractivity contribution in [1.82, 2.24) is 0 Å². The third-order valence-corrected chi connectivity index (χ3v) is 15.4. The zero-order chi connectivity index (χ0) is 40.4. The molecule has 55 heavy (non-hydrogen) atoms. The summed E-state index contributed by atoms with van der Waals surface area (Å²) in [5.74, 6) is -0.561. The molecular weight excluding hydrogens is 716 g/mol. The van der Waals surface area contributed by atoms with Gasteiger partial charge < -0.3 is 69.6 Å². The maximum atomic E-state index is 12.9. The summed E-state index contributed by atoms with van der Waals surface area (Å²) in [7, 11) is 1.42. The van der Waals surface area contributed by atoms with Crippen LogP contribution in [-0.2, 0) is 23.7 Å². The molecule has 14 heteroatoms. The van der Waals surface area contributed by atoms with Crippen molar-refractivity contribution in [1.29, 1.82) is 0 Å². The van der Waals surface area contributed by atoms with Gasteiger partial charge in [0.2, 0.25) is 0 Å². The van der Waals surface area contributed by atoms with Gasteiger partial charge in [0.25, 0.3) is 0 Å². The molecule has 5 fully saturated rings. The van der Waals surface area contributed by atoms with Gasteiger partial charge in [0.15, 0.2) is 12.6 Å². The van der Waals surface area contributed by atoms with Crippen LogP contribution in [-0.4, -0.2) is 152 Å². The molecule has 0 aromatic carbocycles. The van der Waals surface area contributed by atoms with Crippen molar-refractivity contribution in [2.45, 2.75) is 166 Å². The van der Waals surface area contributed by atoms with E-state index in [2.05, 4.69) is 41.5 Å². The average Bonchev–Trinajstić information content (AvgIpc) is 3.33. The molecule has 0 spiro atoms. The first-order valence-corrected chi connectivity index (χ1v) is 20.7. The average molecular weight is 787 g/mol. The molecule has 9 N–H and O–H groups in total. The molecule has 6 aliphatic rings. The topological polar surface area (TPSA) is 228 Å². The Balaban J connectivity index is 1.13. The molecule has 0 bridgehead atoms. The van der Waals surface area contributed by atoms with Gasteiger partial charge in [-0.25, -0.2) is 0 Å². The fourth-order valence-electron chi connectivity index (χ4n) is 12.6. The van der Waals surface area contributed by atoms with Crippen LogP contribution in [0, 0.1) is 52.3 Å². The van der Waals surface area contributed by atoms with E-state index >= 15 is 0 Å². The summed E-state index contributed by atoms with van der Waals surface area (Å²) in [4.78, 5) is 0. The normalized spacial score (nSPS) is 50.4. The summed E-state index contributed by atoms with van der Waals surface area (Å²) in [5.41, 5.74) is -1.79. The van der Waals surface area contributed by atoms with Gasteiger partial charge in [-0.05, 0) is 84.0 Å². The number of ether oxygens (including phenoxy) is 5. The molecule has 0 aromatic heterocycles. The number of aliphatic hydroxyl groups excluding tert-OH is 8. The molecule has 0 radical (unpaired) electrons. The Morgan fingerprint density at radius 3 is 2.11 bits per heavy atom. The predicted molar refractivity (Wildman–Crippen MR) is 198 cm³/mol. The maximum Gasteiger partial charge on any atom is 0.187 e. The van der Waals surface area contributed by atoms with Crippen LogP contribution in [0.4, 0.5) is 0 Å². The fraction of sp³-hybridized carbons (Fsp3) is 0.951. The predicted octanol–water partition coefficient (Wildman–Crippen LogP) is 0.851. The van der Waals surface area contributed by atoms with Crippen molar-refractivity contribution < 1.29 is 69.6 Å². The monoisotopic (exact) mass is 786 g/mol. The molecule has 21 atom stereocenters. The highest BCUT2D eigenvalue weighted by molar-refractivity contribution is 5.33. The first kappa shape index (κ1) is 43.8. The van der Waals surface area contributed by atoms with Gasteiger partial charge in [0, 0.05) is 19.4 Å². The van der Waals surface area contributed by atoms with Gasteiger partial charge in [-0.2, -0.15) is 0 Å². The minimum Gasteiger partial charge on any atom is -0.390 e. The van der Waals surface area contributed by atoms with Crippen LogP contribution in [0.3, 0.4) is 0 Å². The number of hydrogen-bond acceptors (Lipinski definition) is 14. The number of aliphatic hydroxyl groups is 9. The Kier molecular flexibility index (Phi) is 13.3. The smallest absolute Gasteiger partial charge is 0.187 e. The number of fused-ring (bicyclic) bond motifs is 5. The fourth-order valence-corrected chi connectivity index (χ4v) is 12.6. The zero-order valence-electron chi connectivity index (χ0n) is 33.7. The standard InChI is InChI=1S/C41H70O14/c1-19(2)23(21(4)16-52-37-34(49)30(45)26(43)17-53-37)9-8-20(3)29-32(47)33(48)36-40(29,6)13-11-28-39(5)12-10-22(14-24(39)25(42)15-41(28,36)50)55-38-35(51-7)31(46)27(44)18-54-38/h14,19-23,25-38,42-50H,8-13,15-18H2,1-7H3. The number of methoxy groups -OCH3 is 1. The first-order chi connectivity index (χ1) is 25.8. The minimum absolute atomic E-state index is 0.0130. The van der Waals surface area contributed by atoms with Crippen LogP contribution in [0.1, 0.15) is 86.5 Å². The van der Waals surface area contributed by atoms with E-state index in [1.807, 2.05) is 6.08 Å². The summed E-state index contributed by atoms with van der Waals surface area (Å²) in [6.45, 7) is 12.8. The Labute approximate surface area is 325 Å². The second-order valence-corrected chi connectivity index (χ2v) is 19.0. The second kappa shape index (κ2) is 16.7. The van der Waals surface area contributed by atoms with Gasteiger partial charge in [0.05, 0.1) is 49.8 Å². The van der Waals surface area contributed by atoms with Gasteiger partial charge in [-0.3, -0.25) is 0 Å². The van der Waals surface area contributed by atoms with E-state index in [0.717, 1.165) is 18.4 Å². The molecule has 2 aliphatic heterocycles. The molecule has 14 nitrogen and oxygen atoms in total. The third-order valence-electron chi connectivity index (χ3n) is 15.4. The molecule has 2 saturated heterocycles. The van der Waals surface area contributed by atoms with E-state index in [-0.39, 0.29) is 49.2 Å². The summed E-state index contributed by atoms with van der Waals surface area (Å²) >= 11 is 0. The lowest BCUT2D eigenvalue weighted by molar-refractivity contribution is -0.285. The molecule has 318 valence electrons. The molecule has 6 rings (SSSR count). The van der Waals surface area contributed by atoms with Crippen LogP contribution >= 0.6 is 0 Å². The molecule has 21 unspecified atom stereocenters. The largest absolute Gasteiger partial charge is 0.390 e. The Bertz CT molecular complexity index is 1330. The van der Waals surface area contributed by atoms with Crippen molar-refractivity contribution >= 4 is 0 Å². The Morgan fingerprint density at radius 2 is 1.45 bits per heavy atom. The van der Waals surface area contributed by atoms with E-state index in [4.69, 9.17) is 23.7 Å². The van der Waals surface area contributed by atoms with Gasteiger partial charge >= 0.3 is 0 Å². The van der Waals surface area contributed by atoms with E-state index in [1.54, 1.807) is 0 Å². The van der Waals surface area contributed by atoms with E-state index < -0.39 is 96.0 Å². The van der Waals surface area contributed by atoms with Crippen molar-refractivity contribution in [2.75, 3.05) is 26.9 Å². The maximum absolute atomic E-state index is 12.9. The molecule has 2 heterocycles. The molecule has 0 amide bonds.